The van der Waals surface area contributed by atoms with Crippen molar-refractivity contribution < 1.29 is 4.79 Å². The van der Waals surface area contributed by atoms with Crippen LogP contribution in [-0.4, -0.2) is 55.0 Å². The second kappa shape index (κ2) is 9.57. The summed E-state index contributed by atoms with van der Waals surface area (Å²) in [5, 5.41) is 3.49. The smallest absolute Gasteiger partial charge is 0.233 e. The summed E-state index contributed by atoms with van der Waals surface area (Å²) < 4.78 is 0. The molecule has 1 aromatic heterocycles. The summed E-state index contributed by atoms with van der Waals surface area (Å²) in [4.78, 5) is 27.4. The number of benzene rings is 1. The fourth-order valence-corrected chi connectivity index (χ4v) is 5.24. The number of nitrogens with zero attached hydrogens (tertiary/aromatic N) is 4. The molecule has 6 nitrogen and oxygen atoms in total. The second-order valence-electron chi connectivity index (χ2n) is 9.82. The van der Waals surface area contributed by atoms with Gasteiger partial charge in [-0.15, -0.1) is 0 Å². The van der Waals surface area contributed by atoms with Gasteiger partial charge in [-0.1, -0.05) is 42.7 Å². The van der Waals surface area contributed by atoms with Crippen LogP contribution in [0.15, 0.2) is 30.3 Å². The van der Waals surface area contributed by atoms with Crippen LogP contribution in [0.5, 0.6) is 0 Å². The number of piperidine rings is 1. The molecule has 1 amide bonds. The summed E-state index contributed by atoms with van der Waals surface area (Å²) in [7, 11) is 5.92. The van der Waals surface area contributed by atoms with Crippen LogP contribution in [0.4, 0.5) is 5.82 Å². The van der Waals surface area contributed by atoms with E-state index in [0.717, 1.165) is 68.1 Å². The number of aromatic nitrogens is 2. The van der Waals surface area contributed by atoms with E-state index in [1.54, 1.807) is 0 Å². The molecular formula is C26H37N5O. The highest BCUT2D eigenvalue weighted by Gasteiger charge is 2.44. The van der Waals surface area contributed by atoms with Crippen molar-refractivity contribution in [1.82, 2.24) is 20.2 Å². The fraction of sp³-hybridized carbons (Fsp3) is 0.577. The van der Waals surface area contributed by atoms with E-state index < -0.39 is 5.41 Å². The molecule has 1 atom stereocenters. The molecule has 2 aromatic rings. The third-order valence-corrected chi connectivity index (χ3v) is 7.15. The molecule has 1 saturated heterocycles. The predicted octanol–water partition coefficient (Wildman–Crippen LogP) is 3.79. The average molecular weight is 436 g/mol. The zero-order chi connectivity index (χ0) is 22.7. The summed E-state index contributed by atoms with van der Waals surface area (Å²) in [6.07, 6.45) is 6.33. The normalized spacial score (nSPS) is 20.2. The first-order valence-electron chi connectivity index (χ1n) is 12.0. The third-order valence-electron chi connectivity index (χ3n) is 7.15. The van der Waals surface area contributed by atoms with Crippen molar-refractivity contribution in [2.75, 3.05) is 39.1 Å². The average Bonchev–Trinajstić information content (AvgIpc) is 3.30. The van der Waals surface area contributed by atoms with Gasteiger partial charge in [-0.05, 0) is 44.7 Å². The first-order valence-corrected chi connectivity index (χ1v) is 12.0. The van der Waals surface area contributed by atoms with Crippen molar-refractivity contribution >= 4 is 11.7 Å². The van der Waals surface area contributed by atoms with Crippen molar-refractivity contribution in [2.45, 2.75) is 63.3 Å². The quantitative estimate of drug-likeness (QED) is 0.748. The lowest BCUT2D eigenvalue weighted by Gasteiger charge is -2.33. The standard InChI is InChI=1S/C26H37N5O/c1-19-9-11-21(12-10-19)26(13-5-6-14-26)25(32)31(4)18-23-28-22(16-24(29-23)30(2)3)20-8-7-15-27-17-20/h9-12,16,20,27H,5-8,13-15,17-18H2,1-4H3/t20-/m0/s1. The molecule has 1 aliphatic carbocycles. The molecule has 1 N–H and O–H groups in total. The van der Waals surface area contributed by atoms with Crippen molar-refractivity contribution in [3.63, 3.8) is 0 Å². The van der Waals surface area contributed by atoms with Gasteiger partial charge >= 0.3 is 0 Å². The van der Waals surface area contributed by atoms with E-state index in [4.69, 9.17) is 9.97 Å². The lowest BCUT2D eigenvalue weighted by molar-refractivity contribution is -0.136. The number of likely N-dealkylation sites (N-methyl/N-ethyl adjacent to an activating group) is 1. The zero-order valence-corrected chi connectivity index (χ0v) is 20.0. The molecule has 2 heterocycles. The molecule has 1 aromatic carbocycles. The molecule has 4 rings (SSSR count). The molecule has 0 bridgehead atoms. The second-order valence-corrected chi connectivity index (χ2v) is 9.82. The van der Waals surface area contributed by atoms with E-state index in [1.165, 1.54) is 12.0 Å². The lowest BCUT2D eigenvalue weighted by atomic mass is 9.77. The maximum absolute atomic E-state index is 13.8. The Labute approximate surface area is 192 Å². The topological polar surface area (TPSA) is 61.4 Å². The SMILES string of the molecule is Cc1ccc(C2(C(=O)N(C)Cc3nc([C@H]4CCCNC4)cc(N(C)C)n3)CCCC2)cc1. The Kier molecular flexibility index (Phi) is 6.79. The number of hydrogen-bond donors (Lipinski definition) is 1. The summed E-state index contributed by atoms with van der Waals surface area (Å²) in [5.41, 5.74) is 3.04. The van der Waals surface area contributed by atoms with Gasteiger partial charge in [-0.3, -0.25) is 4.79 Å². The number of carbonyl (C=O) groups excluding carboxylic acids is 1. The maximum atomic E-state index is 13.8. The van der Waals surface area contributed by atoms with Gasteiger partial charge in [0.15, 0.2) is 0 Å². The van der Waals surface area contributed by atoms with Crippen LogP contribution >= 0.6 is 0 Å². The number of anilines is 1. The zero-order valence-electron chi connectivity index (χ0n) is 20.0. The van der Waals surface area contributed by atoms with Crippen LogP contribution < -0.4 is 10.2 Å². The number of rotatable bonds is 6. The Morgan fingerprint density at radius 2 is 1.81 bits per heavy atom. The van der Waals surface area contributed by atoms with Gasteiger partial charge < -0.3 is 15.1 Å². The van der Waals surface area contributed by atoms with Gasteiger partial charge in [-0.25, -0.2) is 9.97 Å². The Morgan fingerprint density at radius 3 is 2.44 bits per heavy atom. The molecule has 1 saturated carbocycles. The van der Waals surface area contributed by atoms with Crippen molar-refractivity contribution in [2.24, 2.45) is 0 Å². The summed E-state index contributed by atoms with van der Waals surface area (Å²) in [6, 6.07) is 10.6. The van der Waals surface area contributed by atoms with E-state index in [-0.39, 0.29) is 5.91 Å². The van der Waals surface area contributed by atoms with E-state index in [9.17, 15) is 4.79 Å². The van der Waals surface area contributed by atoms with Gasteiger partial charge in [-0.2, -0.15) is 0 Å². The van der Waals surface area contributed by atoms with E-state index >= 15 is 0 Å². The van der Waals surface area contributed by atoms with E-state index in [0.29, 0.717) is 12.5 Å². The molecule has 1 aliphatic heterocycles. The van der Waals surface area contributed by atoms with Gasteiger partial charge in [0.1, 0.15) is 11.6 Å². The van der Waals surface area contributed by atoms with Gasteiger partial charge in [0.25, 0.3) is 0 Å². The third kappa shape index (κ3) is 4.65. The predicted molar refractivity (Wildman–Crippen MR) is 129 cm³/mol. The molecular weight excluding hydrogens is 398 g/mol. The Morgan fingerprint density at radius 1 is 1.09 bits per heavy atom. The first-order chi connectivity index (χ1) is 15.4. The highest BCUT2D eigenvalue weighted by atomic mass is 16.2. The summed E-state index contributed by atoms with van der Waals surface area (Å²) >= 11 is 0. The highest BCUT2D eigenvalue weighted by Crippen LogP contribution is 2.42. The molecule has 0 unspecified atom stereocenters. The maximum Gasteiger partial charge on any atom is 0.233 e. The number of carbonyl (C=O) groups is 1. The van der Waals surface area contributed by atoms with Crippen LogP contribution in [0, 0.1) is 6.92 Å². The molecule has 2 aliphatic rings. The molecule has 32 heavy (non-hydrogen) atoms. The van der Waals surface area contributed by atoms with E-state index in [2.05, 4.69) is 42.6 Å². The lowest BCUT2D eigenvalue weighted by Crippen LogP contribution is -2.43. The Bertz CT molecular complexity index is 928. The van der Waals surface area contributed by atoms with Gasteiger partial charge in [0.2, 0.25) is 5.91 Å². The number of amides is 1. The summed E-state index contributed by atoms with van der Waals surface area (Å²) in [6.45, 7) is 4.55. The van der Waals surface area contributed by atoms with Gasteiger partial charge in [0, 0.05) is 39.7 Å². The molecule has 172 valence electrons. The minimum Gasteiger partial charge on any atom is -0.363 e. The fourth-order valence-electron chi connectivity index (χ4n) is 5.24. The first kappa shape index (κ1) is 22.7. The van der Waals surface area contributed by atoms with Crippen LogP contribution in [0.2, 0.25) is 0 Å². The minimum atomic E-state index is -0.419. The van der Waals surface area contributed by atoms with Crippen LogP contribution in [0.25, 0.3) is 0 Å². The number of aryl methyl sites for hydroxylation is 1. The number of hydrogen-bond acceptors (Lipinski definition) is 5. The molecule has 0 radical (unpaired) electrons. The Balaban J connectivity index is 1.59. The van der Waals surface area contributed by atoms with Crippen LogP contribution in [-0.2, 0) is 16.8 Å². The van der Waals surface area contributed by atoms with Crippen molar-refractivity contribution in [1.29, 1.82) is 0 Å². The molecule has 2 fully saturated rings. The van der Waals surface area contributed by atoms with Crippen LogP contribution in [0.3, 0.4) is 0 Å². The molecule has 6 heteroatoms. The molecule has 0 spiro atoms. The summed E-state index contributed by atoms with van der Waals surface area (Å²) in [5.74, 6) is 2.23. The van der Waals surface area contributed by atoms with Gasteiger partial charge in [0.05, 0.1) is 17.7 Å². The van der Waals surface area contributed by atoms with E-state index in [1.807, 2.05) is 30.9 Å². The largest absolute Gasteiger partial charge is 0.363 e. The minimum absolute atomic E-state index is 0.193. The highest BCUT2D eigenvalue weighted by molar-refractivity contribution is 5.88. The number of nitrogens with one attached hydrogen (secondary N) is 1. The van der Waals surface area contributed by atoms with Crippen LogP contribution in [0.1, 0.15) is 67.1 Å². The van der Waals surface area contributed by atoms with Crippen molar-refractivity contribution in [3.8, 4) is 0 Å². The van der Waals surface area contributed by atoms with Crippen molar-refractivity contribution in [3.05, 3.63) is 53.0 Å². The Hall–Kier alpha value is -2.47. The monoisotopic (exact) mass is 435 g/mol.